The Morgan fingerprint density at radius 1 is 1.10 bits per heavy atom. The van der Waals surface area contributed by atoms with E-state index in [4.69, 9.17) is 0 Å². The number of anilines is 2. The van der Waals surface area contributed by atoms with Gasteiger partial charge in [-0.25, -0.2) is 4.39 Å². The molecule has 4 rings (SSSR count). The maximum Gasteiger partial charge on any atom is 0.190 e. The molecule has 2 aromatic carbocycles. The van der Waals surface area contributed by atoms with Crippen LogP contribution < -0.4 is 9.80 Å². The van der Waals surface area contributed by atoms with Crippen LogP contribution in [0.1, 0.15) is 0 Å². The standard InChI is InChI=1S/C22H21FN4OS/c1-25-19-4-2-3-5-21(19)29-22(25)18(14-24)20(28)15-26-10-12-27(13-11-26)17-8-6-16(23)7-9-17/h2-9H,10-13,15H2,1H3/b22-18-. The quantitative estimate of drug-likeness (QED) is 0.570. The van der Waals surface area contributed by atoms with Crippen molar-refractivity contribution in [3.05, 3.63) is 65.0 Å². The van der Waals surface area contributed by atoms with Crippen LogP contribution in [0.15, 0.2) is 64.0 Å². The molecule has 1 fully saturated rings. The van der Waals surface area contributed by atoms with Crippen LogP contribution in [0.4, 0.5) is 15.8 Å². The van der Waals surface area contributed by atoms with Gasteiger partial charge in [0.2, 0.25) is 0 Å². The average Bonchev–Trinajstić information content (AvgIpc) is 3.06. The Hall–Kier alpha value is -2.82. The van der Waals surface area contributed by atoms with E-state index < -0.39 is 0 Å². The van der Waals surface area contributed by atoms with Crippen LogP contribution in [-0.2, 0) is 4.79 Å². The number of hydrogen-bond acceptors (Lipinski definition) is 6. The fraction of sp³-hybridized carbons (Fsp3) is 0.273. The van der Waals surface area contributed by atoms with E-state index in [2.05, 4.69) is 15.9 Å². The first-order valence-electron chi connectivity index (χ1n) is 9.48. The van der Waals surface area contributed by atoms with Gasteiger partial charge in [0.15, 0.2) is 5.78 Å². The van der Waals surface area contributed by atoms with Gasteiger partial charge in [-0.2, -0.15) is 5.26 Å². The number of hydrogen-bond donors (Lipinski definition) is 0. The maximum absolute atomic E-state index is 13.1. The highest BCUT2D eigenvalue weighted by atomic mass is 32.2. The predicted molar refractivity (Wildman–Crippen MR) is 113 cm³/mol. The zero-order chi connectivity index (χ0) is 20.4. The van der Waals surface area contributed by atoms with Gasteiger partial charge in [0.05, 0.1) is 12.2 Å². The number of piperazine rings is 1. The Labute approximate surface area is 174 Å². The number of carbonyl (C=O) groups excluding carboxylic acids is 1. The SMILES string of the molecule is CN1/C(=C(\C#N)C(=O)CN2CCN(c3ccc(F)cc3)CC2)Sc2ccccc21. The number of halogens is 1. The van der Waals surface area contributed by atoms with E-state index in [1.165, 1.54) is 23.9 Å². The number of Topliss-reactive ketones (excluding diaryl/α,β-unsaturated/α-hetero) is 1. The van der Waals surface area contributed by atoms with Crippen molar-refractivity contribution >= 4 is 28.9 Å². The molecule has 0 aliphatic carbocycles. The molecule has 1 saturated heterocycles. The second-order valence-electron chi connectivity index (χ2n) is 7.08. The summed E-state index contributed by atoms with van der Waals surface area (Å²) in [5, 5.41) is 10.4. The number of nitriles is 1. The number of thioether (sulfide) groups is 1. The van der Waals surface area contributed by atoms with Crippen molar-refractivity contribution < 1.29 is 9.18 Å². The number of ketones is 1. The van der Waals surface area contributed by atoms with Gasteiger partial charge in [0, 0.05) is 43.8 Å². The van der Waals surface area contributed by atoms with E-state index >= 15 is 0 Å². The average molecular weight is 409 g/mol. The molecule has 2 aromatic rings. The zero-order valence-corrected chi connectivity index (χ0v) is 17.0. The van der Waals surface area contributed by atoms with Gasteiger partial charge < -0.3 is 9.80 Å². The van der Waals surface area contributed by atoms with Crippen LogP contribution in [0.2, 0.25) is 0 Å². The van der Waals surface area contributed by atoms with Crippen LogP contribution in [0.25, 0.3) is 0 Å². The predicted octanol–water partition coefficient (Wildman–Crippen LogP) is 3.49. The van der Waals surface area contributed by atoms with Gasteiger partial charge in [-0.3, -0.25) is 9.69 Å². The molecule has 0 bridgehead atoms. The lowest BCUT2D eigenvalue weighted by molar-refractivity contribution is -0.116. The van der Waals surface area contributed by atoms with Crippen molar-refractivity contribution in [1.82, 2.24) is 4.90 Å². The number of benzene rings is 2. The van der Waals surface area contributed by atoms with E-state index in [0.29, 0.717) is 5.03 Å². The minimum Gasteiger partial charge on any atom is -0.369 e. The monoisotopic (exact) mass is 408 g/mol. The molecule has 5 nitrogen and oxygen atoms in total. The summed E-state index contributed by atoms with van der Waals surface area (Å²) in [6, 6.07) is 16.5. The number of fused-ring (bicyclic) bond motifs is 1. The third-order valence-corrected chi connectivity index (χ3v) is 6.51. The van der Waals surface area contributed by atoms with E-state index in [1.807, 2.05) is 36.2 Å². The zero-order valence-electron chi connectivity index (χ0n) is 16.1. The van der Waals surface area contributed by atoms with Crippen molar-refractivity contribution in [2.75, 3.05) is 49.6 Å². The Morgan fingerprint density at radius 2 is 1.79 bits per heavy atom. The van der Waals surface area contributed by atoms with Gasteiger partial charge >= 0.3 is 0 Å². The third-order valence-electron chi connectivity index (χ3n) is 5.27. The summed E-state index contributed by atoms with van der Waals surface area (Å²) >= 11 is 1.47. The molecule has 0 atom stereocenters. The summed E-state index contributed by atoms with van der Waals surface area (Å²) in [6.45, 7) is 3.20. The van der Waals surface area contributed by atoms with Crippen molar-refractivity contribution in [1.29, 1.82) is 5.26 Å². The van der Waals surface area contributed by atoms with Crippen molar-refractivity contribution in [2.24, 2.45) is 0 Å². The molecule has 2 aliphatic rings. The van der Waals surface area contributed by atoms with Crippen LogP contribution in [-0.4, -0.2) is 50.5 Å². The molecule has 0 aromatic heterocycles. The largest absolute Gasteiger partial charge is 0.369 e. The second kappa shape index (κ2) is 8.27. The lowest BCUT2D eigenvalue weighted by Gasteiger charge is -2.35. The first-order valence-corrected chi connectivity index (χ1v) is 10.3. The normalized spacial score (nSPS) is 18.4. The minimum atomic E-state index is -0.244. The van der Waals surface area contributed by atoms with E-state index in [-0.39, 0.29) is 23.7 Å². The van der Waals surface area contributed by atoms with E-state index in [1.54, 1.807) is 12.1 Å². The van der Waals surface area contributed by atoms with Crippen molar-refractivity contribution in [2.45, 2.75) is 4.90 Å². The number of rotatable bonds is 4. The Morgan fingerprint density at radius 3 is 2.45 bits per heavy atom. The number of nitrogens with zero attached hydrogens (tertiary/aromatic N) is 4. The Kier molecular flexibility index (Phi) is 5.56. The van der Waals surface area contributed by atoms with Gasteiger partial charge in [0.1, 0.15) is 22.5 Å². The van der Waals surface area contributed by atoms with E-state index in [0.717, 1.165) is 42.4 Å². The smallest absolute Gasteiger partial charge is 0.190 e. The molecule has 0 radical (unpaired) electrons. The fourth-order valence-electron chi connectivity index (χ4n) is 3.65. The maximum atomic E-state index is 13.1. The molecular formula is C22H21FN4OS. The first kappa shape index (κ1) is 19.5. The molecule has 0 amide bonds. The molecule has 29 heavy (non-hydrogen) atoms. The Balaban J connectivity index is 1.41. The molecule has 7 heteroatoms. The molecule has 148 valence electrons. The lowest BCUT2D eigenvalue weighted by atomic mass is 10.1. The first-order chi connectivity index (χ1) is 14.1. The minimum absolute atomic E-state index is 0.148. The fourth-order valence-corrected chi connectivity index (χ4v) is 4.81. The lowest BCUT2D eigenvalue weighted by Crippen LogP contribution is -2.48. The van der Waals surface area contributed by atoms with Crippen molar-refractivity contribution in [3.63, 3.8) is 0 Å². The summed E-state index contributed by atoms with van der Waals surface area (Å²) in [5.41, 5.74) is 2.22. The van der Waals surface area contributed by atoms with Crippen LogP contribution in [0.5, 0.6) is 0 Å². The summed E-state index contributed by atoms with van der Waals surface area (Å²) in [5.74, 6) is -0.392. The van der Waals surface area contributed by atoms with Crippen molar-refractivity contribution in [3.8, 4) is 6.07 Å². The Bertz CT molecular complexity index is 991. The molecule has 0 N–H and O–H groups in total. The van der Waals surface area contributed by atoms with Gasteiger partial charge in [-0.1, -0.05) is 23.9 Å². The molecule has 2 aliphatic heterocycles. The summed E-state index contributed by atoms with van der Waals surface area (Å²) in [4.78, 5) is 20.1. The van der Waals surface area contributed by atoms with Gasteiger partial charge in [0.25, 0.3) is 0 Å². The summed E-state index contributed by atoms with van der Waals surface area (Å²) < 4.78 is 13.1. The molecule has 2 heterocycles. The van der Waals surface area contributed by atoms with Crippen LogP contribution in [0.3, 0.4) is 0 Å². The van der Waals surface area contributed by atoms with Gasteiger partial charge in [-0.15, -0.1) is 0 Å². The molecular weight excluding hydrogens is 387 g/mol. The molecule has 0 unspecified atom stereocenters. The highest BCUT2D eigenvalue weighted by Crippen LogP contribution is 2.46. The van der Waals surface area contributed by atoms with E-state index in [9.17, 15) is 14.4 Å². The summed E-state index contributed by atoms with van der Waals surface area (Å²) in [7, 11) is 1.89. The van der Waals surface area contributed by atoms with Crippen LogP contribution >= 0.6 is 11.8 Å². The molecule has 0 saturated carbocycles. The number of para-hydroxylation sites is 1. The highest BCUT2D eigenvalue weighted by Gasteiger charge is 2.29. The van der Waals surface area contributed by atoms with Gasteiger partial charge in [-0.05, 0) is 36.4 Å². The summed E-state index contributed by atoms with van der Waals surface area (Å²) in [6.07, 6.45) is 0. The topological polar surface area (TPSA) is 50.6 Å². The second-order valence-corrected chi connectivity index (χ2v) is 8.11. The number of carbonyl (C=O) groups is 1. The van der Waals surface area contributed by atoms with Crippen LogP contribution in [0, 0.1) is 17.1 Å². The third kappa shape index (κ3) is 4.00. The highest BCUT2D eigenvalue weighted by molar-refractivity contribution is 8.03. The molecule has 0 spiro atoms.